The van der Waals surface area contributed by atoms with Crippen LogP contribution in [-0.2, 0) is 22.6 Å². The highest BCUT2D eigenvalue weighted by Gasteiger charge is 2.39. The minimum atomic E-state index is -0.488. The third-order valence-corrected chi connectivity index (χ3v) is 8.60. The second kappa shape index (κ2) is 11.7. The summed E-state index contributed by atoms with van der Waals surface area (Å²) in [6, 6.07) is 24.2. The SMILES string of the molecule is C[C@H]1[C@@H](CN2CCC(n3c(=O)[nH]c4ccccc43)CC2)O[C@@H](c2ccc(CN)cc2)O[C@H]1c1ccc(CO)cc1. The van der Waals surface area contributed by atoms with E-state index in [1.165, 1.54) is 0 Å². The largest absolute Gasteiger partial charge is 0.392 e. The number of aliphatic hydroxyl groups excluding tert-OH is 1. The lowest BCUT2D eigenvalue weighted by molar-refractivity contribution is -0.276. The van der Waals surface area contributed by atoms with E-state index in [9.17, 15) is 9.90 Å². The number of imidazole rings is 1. The first-order chi connectivity index (χ1) is 19.5. The summed E-state index contributed by atoms with van der Waals surface area (Å²) in [5, 5.41) is 9.51. The van der Waals surface area contributed by atoms with E-state index in [0.29, 0.717) is 6.54 Å². The van der Waals surface area contributed by atoms with Gasteiger partial charge in [0, 0.05) is 43.7 Å². The number of H-pyrrole nitrogens is 1. The first kappa shape index (κ1) is 26.9. The van der Waals surface area contributed by atoms with Gasteiger partial charge in [-0.2, -0.15) is 0 Å². The van der Waals surface area contributed by atoms with Crippen molar-refractivity contribution in [3.63, 3.8) is 0 Å². The van der Waals surface area contributed by atoms with Gasteiger partial charge in [-0.05, 0) is 41.7 Å². The molecule has 0 radical (unpaired) electrons. The highest BCUT2D eigenvalue weighted by Crippen LogP contribution is 2.42. The van der Waals surface area contributed by atoms with Crippen molar-refractivity contribution in [2.75, 3.05) is 19.6 Å². The number of aromatic amines is 1. The molecule has 4 atom stereocenters. The van der Waals surface area contributed by atoms with Crippen LogP contribution in [0.1, 0.15) is 60.5 Å². The normalized spacial score (nSPS) is 24.5. The lowest BCUT2D eigenvalue weighted by Crippen LogP contribution is -2.47. The number of aliphatic hydroxyl groups is 1. The van der Waals surface area contributed by atoms with Crippen LogP contribution >= 0.6 is 0 Å². The highest BCUT2D eigenvalue weighted by atomic mass is 16.7. The maximum atomic E-state index is 12.7. The Balaban J connectivity index is 1.19. The number of hydrogen-bond acceptors (Lipinski definition) is 6. The van der Waals surface area contributed by atoms with Crippen LogP contribution in [0, 0.1) is 5.92 Å². The molecular weight excluding hydrogens is 504 g/mol. The lowest BCUT2D eigenvalue weighted by atomic mass is 9.89. The fourth-order valence-corrected chi connectivity index (χ4v) is 6.19. The molecule has 4 N–H and O–H groups in total. The number of hydrogen-bond donors (Lipinski definition) is 3. The number of benzene rings is 3. The van der Waals surface area contributed by atoms with Gasteiger partial charge < -0.3 is 30.2 Å². The van der Waals surface area contributed by atoms with Gasteiger partial charge in [0.1, 0.15) is 0 Å². The van der Waals surface area contributed by atoms with Gasteiger partial charge in [-0.25, -0.2) is 4.79 Å². The Hall–Kier alpha value is -3.27. The van der Waals surface area contributed by atoms with Gasteiger partial charge in [0.05, 0.1) is 29.8 Å². The summed E-state index contributed by atoms with van der Waals surface area (Å²) >= 11 is 0. The van der Waals surface area contributed by atoms with Crippen LogP contribution in [-0.4, -0.2) is 45.3 Å². The van der Waals surface area contributed by atoms with Gasteiger partial charge in [-0.3, -0.25) is 4.57 Å². The summed E-state index contributed by atoms with van der Waals surface area (Å²) in [6.45, 7) is 5.30. The summed E-state index contributed by atoms with van der Waals surface area (Å²) in [7, 11) is 0. The molecule has 8 heteroatoms. The second-order valence-corrected chi connectivity index (χ2v) is 11.1. The molecule has 0 bridgehead atoms. The molecule has 6 rings (SSSR count). The molecule has 3 heterocycles. The Bertz CT molecular complexity index is 1470. The Morgan fingerprint density at radius 2 is 1.60 bits per heavy atom. The van der Waals surface area contributed by atoms with Crippen molar-refractivity contribution in [3.8, 4) is 0 Å². The van der Waals surface area contributed by atoms with Crippen molar-refractivity contribution in [1.82, 2.24) is 14.5 Å². The first-order valence-electron chi connectivity index (χ1n) is 14.2. The highest BCUT2D eigenvalue weighted by molar-refractivity contribution is 5.75. The van der Waals surface area contributed by atoms with Crippen LogP contribution in [0.15, 0.2) is 77.6 Å². The predicted octanol–water partition coefficient (Wildman–Crippen LogP) is 4.41. The molecule has 1 aromatic heterocycles. The number of rotatable bonds is 7. The Morgan fingerprint density at radius 1 is 0.925 bits per heavy atom. The Morgan fingerprint density at radius 3 is 2.30 bits per heavy atom. The van der Waals surface area contributed by atoms with Gasteiger partial charge in [0.2, 0.25) is 0 Å². The minimum absolute atomic E-state index is 0.0177. The van der Waals surface area contributed by atoms with Crippen LogP contribution in [0.2, 0.25) is 0 Å². The van der Waals surface area contributed by atoms with Crippen LogP contribution in [0.25, 0.3) is 11.0 Å². The zero-order valence-electron chi connectivity index (χ0n) is 22.9. The van der Waals surface area contributed by atoms with Crippen LogP contribution in [0.4, 0.5) is 0 Å². The fraction of sp³-hybridized carbons (Fsp3) is 0.406. The average molecular weight is 543 g/mol. The predicted molar refractivity (Wildman–Crippen MR) is 155 cm³/mol. The molecule has 0 unspecified atom stereocenters. The van der Waals surface area contributed by atoms with Gasteiger partial charge in [-0.1, -0.05) is 67.6 Å². The fourth-order valence-electron chi connectivity index (χ4n) is 6.19. The van der Waals surface area contributed by atoms with Gasteiger partial charge >= 0.3 is 5.69 Å². The smallest absolute Gasteiger partial charge is 0.326 e. The number of nitrogens with two attached hydrogens (primary N) is 1. The Labute approximate surface area is 234 Å². The van der Waals surface area contributed by atoms with Crippen molar-refractivity contribution in [3.05, 3.63) is 106 Å². The minimum Gasteiger partial charge on any atom is -0.392 e. The van der Waals surface area contributed by atoms with Gasteiger partial charge in [0.25, 0.3) is 0 Å². The molecule has 2 saturated heterocycles. The molecule has 40 heavy (non-hydrogen) atoms. The first-order valence-corrected chi connectivity index (χ1v) is 14.2. The summed E-state index contributed by atoms with van der Waals surface area (Å²) in [5.41, 5.74) is 11.7. The van der Waals surface area contributed by atoms with Crippen molar-refractivity contribution < 1.29 is 14.6 Å². The molecule has 0 saturated carbocycles. The zero-order chi connectivity index (χ0) is 27.6. The van der Waals surface area contributed by atoms with E-state index < -0.39 is 6.29 Å². The number of aromatic nitrogens is 2. The van der Waals surface area contributed by atoms with Crippen molar-refractivity contribution >= 4 is 11.0 Å². The van der Waals surface area contributed by atoms with E-state index in [1.54, 1.807) is 0 Å². The number of nitrogens with one attached hydrogen (secondary N) is 1. The molecule has 8 nitrogen and oxygen atoms in total. The molecule has 210 valence electrons. The molecule has 2 aliphatic heterocycles. The quantitative estimate of drug-likeness (QED) is 0.320. The maximum absolute atomic E-state index is 12.7. The van der Waals surface area contributed by atoms with E-state index in [-0.39, 0.29) is 36.5 Å². The van der Waals surface area contributed by atoms with Crippen molar-refractivity contribution in [1.29, 1.82) is 0 Å². The van der Waals surface area contributed by atoms with Crippen LogP contribution in [0.3, 0.4) is 0 Å². The molecule has 4 aromatic rings. The molecule has 0 aliphatic carbocycles. The van der Waals surface area contributed by atoms with E-state index in [1.807, 2.05) is 77.4 Å². The summed E-state index contributed by atoms with van der Waals surface area (Å²) in [4.78, 5) is 18.2. The molecule has 0 amide bonds. The molecular formula is C32H38N4O4. The molecule has 0 spiro atoms. The number of nitrogens with zero attached hydrogens (tertiary/aromatic N) is 2. The third kappa shape index (κ3) is 5.38. The summed E-state index contributed by atoms with van der Waals surface area (Å²) in [5.74, 6) is 0.119. The lowest BCUT2D eigenvalue weighted by Gasteiger charge is -2.44. The van der Waals surface area contributed by atoms with E-state index in [4.69, 9.17) is 15.2 Å². The molecule has 2 aliphatic rings. The van der Waals surface area contributed by atoms with Crippen molar-refractivity contribution in [2.24, 2.45) is 11.7 Å². The van der Waals surface area contributed by atoms with E-state index in [2.05, 4.69) is 16.8 Å². The van der Waals surface area contributed by atoms with E-state index >= 15 is 0 Å². The topological polar surface area (TPSA) is 106 Å². The standard InChI is InChI=1S/C32H38N4O4/c1-21-29(19-35-16-14-26(15-17-35)36-28-5-3-2-4-27(28)34-32(36)38)39-31(25-12-6-22(18-33)7-13-25)40-30(21)24-10-8-23(20-37)9-11-24/h2-13,21,26,29-31,37H,14-20,33H2,1H3,(H,34,38)/t21-,29+,30+,31+/m0/s1. The zero-order valence-corrected chi connectivity index (χ0v) is 22.9. The number of fused-ring (bicyclic) bond motifs is 1. The van der Waals surface area contributed by atoms with Crippen LogP contribution < -0.4 is 11.4 Å². The molecule has 2 fully saturated rings. The molecule has 3 aromatic carbocycles. The monoisotopic (exact) mass is 542 g/mol. The summed E-state index contributed by atoms with van der Waals surface area (Å²) in [6.07, 6.45) is 1.15. The maximum Gasteiger partial charge on any atom is 0.326 e. The number of ether oxygens (including phenoxy) is 2. The Kier molecular flexibility index (Phi) is 7.87. The van der Waals surface area contributed by atoms with Gasteiger partial charge in [0.15, 0.2) is 6.29 Å². The van der Waals surface area contributed by atoms with Crippen molar-refractivity contribution in [2.45, 2.75) is 57.5 Å². The summed E-state index contributed by atoms with van der Waals surface area (Å²) < 4.78 is 15.2. The number of piperidine rings is 1. The van der Waals surface area contributed by atoms with Gasteiger partial charge in [-0.15, -0.1) is 0 Å². The van der Waals surface area contributed by atoms with Crippen LogP contribution in [0.5, 0.6) is 0 Å². The average Bonchev–Trinajstić information content (AvgIpc) is 3.34. The second-order valence-electron chi connectivity index (χ2n) is 11.1. The number of likely N-dealkylation sites (tertiary alicyclic amines) is 1. The third-order valence-electron chi connectivity index (χ3n) is 8.60. The number of para-hydroxylation sites is 2. The van der Waals surface area contributed by atoms with E-state index in [0.717, 1.165) is 65.8 Å².